The summed E-state index contributed by atoms with van der Waals surface area (Å²) in [5, 5.41) is 10.5. The molecule has 1 saturated heterocycles. The second-order valence-electron chi connectivity index (χ2n) is 3.35. The summed E-state index contributed by atoms with van der Waals surface area (Å²) in [6, 6.07) is -0.637. The number of likely N-dealkylation sites (N-methyl/N-ethyl adjacent to an activating group) is 1. The second kappa shape index (κ2) is 4.60. The first-order valence-corrected chi connectivity index (χ1v) is 4.44. The van der Waals surface area contributed by atoms with Crippen molar-refractivity contribution in [3.63, 3.8) is 0 Å². The smallest absolute Gasteiger partial charge is 0.325 e. The number of carbonyl (C=O) groups excluding carboxylic acids is 3. The van der Waals surface area contributed by atoms with Crippen molar-refractivity contribution >= 4 is 23.8 Å². The Kier molecular flexibility index (Phi) is 3.44. The van der Waals surface area contributed by atoms with Crippen molar-refractivity contribution in [1.29, 1.82) is 0 Å². The molecule has 0 aromatic heterocycles. The number of hydrogen-bond donors (Lipinski definition) is 2. The molecule has 0 bridgehead atoms. The first-order valence-electron chi connectivity index (χ1n) is 4.44. The van der Waals surface area contributed by atoms with Gasteiger partial charge in [0, 0.05) is 7.05 Å². The van der Waals surface area contributed by atoms with Crippen LogP contribution in [0.2, 0.25) is 0 Å². The zero-order valence-corrected chi connectivity index (χ0v) is 8.60. The molecule has 0 aromatic carbocycles. The number of hydrogen-bond acceptors (Lipinski definition) is 4. The molecule has 0 unspecified atom stereocenters. The number of nitrogens with one attached hydrogen (secondary N) is 1. The minimum atomic E-state index is -1.14. The highest BCUT2D eigenvalue weighted by atomic mass is 16.4. The van der Waals surface area contributed by atoms with Gasteiger partial charge in [0.15, 0.2) is 0 Å². The summed E-state index contributed by atoms with van der Waals surface area (Å²) in [6.45, 7) is -0.922. The van der Waals surface area contributed by atoms with E-state index in [4.69, 9.17) is 5.11 Å². The van der Waals surface area contributed by atoms with E-state index in [0.29, 0.717) is 0 Å². The molecule has 1 fully saturated rings. The highest BCUT2D eigenvalue weighted by molar-refractivity contribution is 6.03. The van der Waals surface area contributed by atoms with Crippen LogP contribution >= 0.6 is 0 Å². The summed E-state index contributed by atoms with van der Waals surface area (Å²) in [5.74, 6) is -2.15. The van der Waals surface area contributed by atoms with Crippen LogP contribution in [0.15, 0.2) is 0 Å². The number of carbonyl (C=O) groups is 4. The van der Waals surface area contributed by atoms with E-state index in [2.05, 4.69) is 0 Å². The third-order valence-electron chi connectivity index (χ3n) is 1.99. The predicted molar refractivity (Wildman–Crippen MR) is 50.4 cm³/mol. The topological polar surface area (TPSA) is 107 Å². The van der Waals surface area contributed by atoms with Crippen molar-refractivity contribution in [3.8, 4) is 0 Å². The van der Waals surface area contributed by atoms with E-state index >= 15 is 0 Å². The Balaban J connectivity index is 2.48. The quantitative estimate of drug-likeness (QED) is 0.546. The van der Waals surface area contributed by atoms with E-state index in [9.17, 15) is 19.2 Å². The number of carboxylic acids is 1. The maximum Gasteiger partial charge on any atom is 0.325 e. The third-order valence-corrected chi connectivity index (χ3v) is 1.99. The van der Waals surface area contributed by atoms with Gasteiger partial charge in [0.2, 0.25) is 11.8 Å². The molecule has 16 heavy (non-hydrogen) atoms. The lowest BCUT2D eigenvalue weighted by Gasteiger charge is -2.18. The van der Waals surface area contributed by atoms with Crippen molar-refractivity contribution in [2.75, 3.05) is 26.7 Å². The van der Waals surface area contributed by atoms with Crippen molar-refractivity contribution < 1.29 is 24.3 Å². The van der Waals surface area contributed by atoms with Gasteiger partial charge < -0.3 is 14.9 Å². The van der Waals surface area contributed by atoms with Gasteiger partial charge in [-0.1, -0.05) is 0 Å². The summed E-state index contributed by atoms with van der Waals surface area (Å²) in [7, 11) is 1.31. The number of carboxylic acid groups (broad SMARTS) is 1. The van der Waals surface area contributed by atoms with Gasteiger partial charge in [-0.05, 0) is 0 Å². The molecule has 0 spiro atoms. The monoisotopic (exact) mass is 229 g/mol. The van der Waals surface area contributed by atoms with Gasteiger partial charge in [-0.25, -0.2) is 4.79 Å². The lowest BCUT2D eigenvalue weighted by Crippen LogP contribution is -2.41. The number of rotatable bonds is 4. The van der Waals surface area contributed by atoms with E-state index in [1.54, 1.807) is 0 Å². The average Bonchev–Trinajstić information content (AvgIpc) is 2.43. The number of nitrogens with zero attached hydrogens (tertiary/aromatic N) is 2. The summed E-state index contributed by atoms with van der Waals surface area (Å²) in [4.78, 5) is 45.6. The minimum absolute atomic E-state index is 0.175. The van der Waals surface area contributed by atoms with Crippen LogP contribution in [0.3, 0.4) is 0 Å². The first kappa shape index (κ1) is 12.0. The average molecular weight is 229 g/mol. The Morgan fingerprint density at radius 1 is 1.50 bits per heavy atom. The Hall–Kier alpha value is -2.12. The molecule has 0 radical (unpaired) electrons. The Bertz CT molecular complexity index is 354. The highest BCUT2D eigenvalue weighted by Gasteiger charge is 2.29. The number of aliphatic carboxylic acids is 1. The number of amides is 4. The van der Waals surface area contributed by atoms with Crippen LogP contribution in [-0.4, -0.2) is 65.4 Å². The van der Waals surface area contributed by atoms with Crippen LogP contribution < -0.4 is 5.32 Å². The highest BCUT2D eigenvalue weighted by Crippen LogP contribution is 1.99. The van der Waals surface area contributed by atoms with Gasteiger partial charge in [0.1, 0.15) is 19.6 Å². The van der Waals surface area contributed by atoms with Gasteiger partial charge in [-0.3, -0.25) is 19.7 Å². The zero-order valence-electron chi connectivity index (χ0n) is 8.60. The summed E-state index contributed by atoms with van der Waals surface area (Å²) >= 11 is 0. The van der Waals surface area contributed by atoms with Crippen LogP contribution in [0.5, 0.6) is 0 Å². The summed E-state index contributed by atoms with van der Waals surface area (Å²) in [6.07, 6.45) is 0. The van der Waals surface area contributed by atoms with E-state index in [1.807, 2.05) is 5.32 Å². The molecule has 0 saturated carbocycles. The molecule has 8 heteroatoms. The van der Waals surface area contributed by atoms with Crippen molar-refractivity contribution in [2.45, 2.75) is 0 Å². The molecular weight excluding hydrogens is 218 g/mol. The van der Waals surface area contributed by atoms with Crippen molar-refractivity contribution in [3.05, 3.63) is 0 Å². The van der Waals surface area contributed by atoms with Crippen LogP contribution in [0, 0.1) is 0 Å². The normalized spacial score (nSPS) is 14.9. The molecule has 8 nitrogen and oxygen atoms in total. The van der Waals surface area contributed by atoms with Crippen LogP contribution in [0.1, 0.15) is 0 Å². The summed E-state index contributed by atoms with van der Waals surface area (Å²) in [5.41, 5.74) is 0. The maximum atomic E-state index is 11.4. The molecule has 1 aliphatic heterocycles. The van der Waals surface area contributed by atoms with Crippen LogP contribution in [0.25, 0.3) is 0 Å². The molecule has 1 rings (SSSR count). The largest absolute Gasteiger partial charge is 0.480 e. The molecule has 0 aromatic rings. The molecule has 0 aliphatic carbocycles. The summed E-state index contributed by atoms with van der Waals surface area (Å²) < 4.78 is 0. The Morgan fingerprint density at radius 2 is 2.12 bits per heavy atom. The minimum Gasteiger partial charge on any atom is -0.480 e. The van der Waals surface area contributed by atoms with Gasteiger partial charge >= 0.3 is 12.0 Å². The van der Waals surface area contributed by atoms with Crippen LogP contribution in [0.4, 0.5) is 4.79 Å². The lowest BCUT2D eigenvalue weighted by atomic mass is 10.4. The van der Waals surface area contributed by atoms with Crippen molar-refractivity contribution in [1.82, 2.24) is 15.1 Å². The maximum absolute atomic E-state index is 11.4. The van der Waals surface area contributed by atoms with Gasteiger partial charge in [-0.15, -0.1) is 0 Å². The van der Waals surface area contributed by atoms with E-state index < -0.39 is 30.4 Å². The fourth-order valence-corrected chi connectivity index (χ4v) is 1.19. The third kappa shape index (κ3) is 2.94. The number of urea groups is 1. The molecule has 1 aliphatic rings. The van der Waals surface area contributed by atoms with E-state index in [1.165, 1.54) is 7.05 Å². The van der Waals surface area contributed by atoms with Crippen LogP contribution in [-0.2, 0) is 14.4 Å². The Morgan fingerprint density at radius 3 is 2.56 bits per heavy atom. The van der Waals surface area contributed by atoms with E-state index in [0.717, 1.165) is 9.80 Å². The standard InChI is InChI=1S/C8H11N3O5/c1-10(4-7(14)15)6(13)3-11-2-5(12)9-8(11)16/h2-4H2,1H3,(H,14,15)(H,9,12,16). The molecule has 0 atom stereocenters. The number of imide groups is 1. The fraction of sp³-hybridized carbons (Fsp3) is 0.500. The molecule has 4 amide bonds. The predicted octanol–water partition coefficient (Wildman–Crippen LogP) is -1.92. The SMILES string of the molecule is CN(CC(=O)O)C(=O)CN1CC(=O)NC1=O. The molecular formula is C8H11N3O5. The lowest BCUT2D eigenvalue weighted by molar-refractivity contribution is -0.143. The molecule has 1 heterocycles. The second-order valence-corrected chi connectivity index (χ2v) is 3.35. The van der Waals surface area contributed by atoms with Crippen molar-refractivity contribution in [2.24, 2.45) is 0 Å². The van der Waals surface area contributed by atoms with E-state index in [-0.39, 0.29) is 13.1 Å². The van der Waals surface area contributed by atoms with Gasteiger partial charge in [-0.2, -0.15) is 0 Å². The van der Waals surface area contributed by atoms with Gasteiger partial charge in [0.05, 0.1) is 0 Å². The molecule has 2 N–H and O–H groups in total. The Labute approximate surface area is 90.8 Å². The fourth-order valence-electron chi connectivity index (χ4n) is 1.19. The van der Waals surface area contributed by atoms with Gasteiger partial charge in [0.25, 0.3) is 0 Å². The first-order chi connectivity index (χ1) is 7.40. The zero-order chi connectivity index (χ0) is 12.3. The molecule has 88 valence electrons.